The van der Waals surface area contributed by atoms with E-state index in [0.29, 0.717) is 23.0 Å². The predicted molar refractivity (Wildman–Crippen MR) is 83.1 cm³/mol. The fraction of sp³-hybridized carbons (Fsp3) is 0.214. The SMILES string of the molecule is C=CCn1nnnc1SC(C)C(=O)Nc1cccc(C#N)c1. The Morgan fingerprint density at radius 3 is 3.18 bits per heavy atom. The number of aromatic nitrogens is 4. The van der Waals surface area contributed by atoms with Crippen molar-refractivity contribution in [1.82, 2.24) is 20.2 Å². The van der Waals surface area contributed by atoms with Crippen LogP contribution in [-0.2, 0) is 11.3 Å². The standard InChI is InChI=1S/C14H14N6OS/c1-3-7-20-14(17-18-19-20)22-10(2)13(21)16-12-6-4-5-11(8-12)9-15/h3-6,8,10H,1,7H2,2H3,(H,16,21). The van der Waals surface area contributed by atoms with Crippen LogP contribution in [0, 0.1) is 11.3 Å². The van der Waals surface area contributed by atoms with Gasteiger partial charge in [0.2, 0.25) is 11.1 Å². The maximum absolute atomic E-state index is 12.2. The van der Waals surface area contributed by atoms with Crippen LogP contribution in [0.5, 0.6) is 0 Å². The van der Waals surface area contributed by atoms with E-state index in [-0.39, 0.29) is 11.2 Å². The number of nitriles is 1. The molecule has 1 aromatic heterocycles. The Balaban J connectivity index is 2.01. The molecule has 1 aromatic carbocycles. The summed E-state index contributed by atoms with van der Waals surface area (Å²) in [6.45, 7) is 5.88. The zero-order valence-corrected chi connectivity index (χ0v) is 12.7. The van der Waals surface area contributed by atoms with E-state index in [1.165, 1.54) is 11.8 Å². The molecule has 0 fully saturated rings. The largest absolute Gasteiger partial charge is 0.325 e. The van der Waals surface area contributed by atoms with Crippen LogP contribution in [0.3, 0.4) is 0 Å². The fourth-order valence-electron chi connectivity index (χ4n) is 1.64. The lowest BCUT2D eigenvalue weighted by Crippen LogP contribution is -2.23. The van der Waals surface area contributed by atoms with Crippen LogP contribution < -0.4 is 5.32 Å². The topological polar surface area (TPSA) is 96.5 Å². The summed E-state index contributed by atoms with van der Waals surface area (Å²) < 4.78 is 1.57. The number of hydrogen-bond acceptors (Lipinski definition) is 6. The molecule has 2 rings (SSSR count). The van der Waals surface area contributed by atoms with Gasteiger partial charge in [-0.05, 0) is 35.5 Å². The van der Waals surface area contributed by atoms with Crippen LogP contribution >= 0.6 is 11.8 Å². The lowest BCUT2D eigenvalue weighted by Gasteiger charge is -2.11. The van der Waals surface area contributed by atoms with Gasteiger partial charge < -0.3 is 5.32 Å². The van der Waals surface area contributed by atoms with E-state index in [1.807, 2.05) is 6.07 Å². The molecule has 0 radical (unpaired) electrons. The molecular weight excluding hydrogens is 300 g/mol. The Kier molecular flexibility index (Phi) is 5.27. The third-order valence-electron chi connectivity index (χ3n) is 2.71. The highest BCUT2D eigenvalue weighted by Crippen LogP contribution is 2.21. The molecule has 0 bridgehead atoms. The second kappa shape index (κ2) is 7.38. The first-order valence-corrected chi connectivity index (χ1v) is 7.36. The maximum Gasteiger partial charge on any atom is 0.237 e. The first kappa shape index (κ1) is 15.7. The zero-order valence-electron chi connectivity index (χ0n) is 11.9. The molecule has 7 nitrogen and oxygen atoms in total. The number of rotatable bonds is 6. The molecule has 8 heteroatoms. The van der Waals surface area contributed by atoms with E-state index >= 15 is 0 Å². The molecule has 1 amide bonds. The van der Waals surface area contributed by atoms with Crippen molar-refractivity contribution in [3.63, 3.8) is 0 Å². The van der Waals surface area contributed by atoms with Crippen molar-refractivity contribution in [3.8, 4) is 6.07 Å². The number of benzene rings is 1. The summed E-state index contributed by atoms with van der Waals surface area (Å²) in [6, 6.07) is 8.78. The number of tetrazole rings is 1. The Hall–Kier alpha value is -2.66. The van der Waals surface area contributed by atoms with Gasteiger partial charge in [0.15, 0.2) is 0 Å². The quantitative estimate of drug-likeness (QED) is 0.645. The Labute approximate surface area is 132 Å². The molecule has 0 aliphatic rings. The van der Waals surface area contributed by atoms with E-state index in [2.05, 4.69) is 27.4 Å². The lowest BCUT2D eigenvalue weighted by atomic mass is 10.2. The number of amides is 1. The average molecular weight is 314 g/mol. The zero-order chi connectivity index (χ0) is 15.9. The predicted octanol–water partition coefficient (Wildman–Crippen LogP) is 1.85. The monoisotopic (exact) mass is 314 g/mol. The minimum absolute atomic E-state index is 0.187. The summed E-state index contributed by atoms with van der Waals surface area (Å²) in [5.41, 5.74) is 1.08. The number of nitrogens with one attached hydrogen (secondary N) is 1. The molecule has 2 aromatic rings. The van der Waals surface area contributed by atoms with Gasteiger partial charge in [0.05, 0.1) is 23.4 Å². The number of allylic oxidation sites excluding steroid dienone is 1. The highest BCUT2D eigenvalue weighted by molar-refractivity contribution is 8.00. The molecule has 112 valence electrons. The molecule has 0 spiro atoms. The number of thioether (sulfide) groups is 1. The molecular formula is C14H14N6OS. The first-order chi connectivity index (χ1) is 10.6. The number of carbonyl (C=O) groups excluding carboxylic acids is 1. The average Bonchev–Trinajstić information content (AvgIpc) is 2.95. The van der Waals surface area contributed by atoms with Gasteiger partial charge >= 0.3 is 0 Å². The summed E-state index contributed by atoms with van der Waals surface area (Å²) in [5, 5.41) is 23.1. The molecule has 1 heterocycles. The third kappa shape index (κ3) is 3.93. The highest BCUT2D eigenvalue weighted by Gasteiger charge is 2.18. The number of anilines is 1. The first-order valence-electron chi connectivity index (χ1n) is 6.48. The molecule has 0 saturated heterocycles. The van der Waals surface area contributed by atoms with Crippen molar-refractivity contribution in [2.75, 3.05) is 5.32 Å². The molecule has 0 aliphatic carbocycles. The molecule has 1 unspecified atom stereocenters. The minimum atomic E-state index is -0.389. The van der Waals surface area contributed by atoms with Crippen LogP contribution in [0.4, 0.5) is 5.69 Å². The normalized spacial score (nSPS) is 11.5. The summed E-state index contributed by atoms with van der Waals surface area (Å²) in [5.74, 6) is -0.187. The van der Waals surface area contributed by atoms with E-state index in [9.17, 15) is 4.79 Å². The molecule has 1 N–H and O–H groups in total. The Morgan fingerprint density at radius 2 is 2.45 bits per heavy atom. The fourth-order valence-corrected chi connectivity index (χ4v) is 2.44. The number of hydrogen-bond donors (Lipinski definition) is 1. The van der Waals surface area contributed by atoms with Gasteiger partial charge in [-0.25, -0.2) is 4.68 Å². The van der Waals surface area contributed by atoms with Crippen LogP contribution in [0.1, 0.15) is 12.5 Å². The van der Waals surface area contributed by atoms with Crippen LogP contribution in [0.25, 0.3) is 0 Å². The van der Waals surface area contributed by atoms with Gasteiger partial charge in [-0.2, -0.15) is 5.26 Å². The summed E-state index contributed by atoms with van der Waals surface area (Å²) in [7, 11) is 0. The van der Waals surface area contributed by atoms with Gasteiger partial charge in [-0.15, -0.1) is 11.7 Å². The molecule has 1 atom stereocenters. The number of carbonyl (C=O) groups is 1. The van der Waals surface area contributed by atoms with Crippen molar-refractivity contribution in [2.45, 2.75) is 23.9 Å². The highest BCUT2D eigenvalue weighted by atomic mass is 32.2. The smallest absolute Gasteiger partial charge is 0.237 e. The van der Waals surface area contributed by atoms with Crippen molar-refractivity contribution >= 4 is 23.4 Å². The lowest BCUT2D eigenvalue weighted by molar-refractivity contribution is -0.115. The molecule has 22 heavy (non-hydrogen) atoms. The third-order valence-corrected chi connectivity index (χ3v) is 3.78. The Bertz CT molecular complexity index is 720. The Morgan fingerprint density at radius 1 is 1.64 bits per heavy atom. The van der Waals surface area contributed by atoms with Crippen LogP contribution in [-0.4, -0.2) is 31.4 Å². The van der Waals surface area contributed by atoms with Crippen LogP contribution in [0.15, 0.2) is 42.1 Å². The summed E-state index contributed by atoms with van der Waals surface area (Å²) in [6.07, 6.45) is 1.68. The van der Waals surface area contributed by atoms with Gasteiger partial charge in [-0.1, -0.05) is 23.9 Å². The second-order valence-corrected chi connectivity index (χ2v) is 5.68. The van der Waals surface area contributed by atoms with E-state index < -0.39 is 0 Å². The van der Waals surface area contributed by atoms with E-state index in [0.717, 1.165) is 0 Å². The summed E-state index contributed by atoms with van der Waals surface area (Å²) in [4.78, 5) is 12.2. The van der Waals surface area contributed by atoms with Gasteiger partial charge in [0.1, 0.15) is 0 Å². The number of nitrogens with zero attached hydrogens (tertiary/aromatic N) is 5. The van der Waals surface area contributed by atoms with Crippen molar-refractivity contribution in [3.05, 3.63) is 42.5 Å². The van der Waals surface area contributed by atoms with Gasteiger partial charge in [0.25, 0.3) is 0 Å². The van der Waals surface area contributed by atoms with Crippen molar-refractivity contribution in [1.29, 1.82) is 5.26 Å². The van der Waals surface area contributed by atoms with Crippen LogP contribution in [0.2, 0.25) is 0 Å². The van der Waals surface area contributed by atoms with Crippen molar-refractivity contribution in [2.24, 2.45) is 0 Å². The summed E-state index contributed by atoms with van der Waals surface area (Å²) >= 11 is 1.26. The van der Waals surface area contributed by atoms with E-state index in [1.54, 1.807) is 41.9 Å². The maximum atomic E-state index is 12.2. The van der Waals surface area contributed by atoms with Crippen molar-refractivity contribution < 1.29 is 4.79 Å². The molecule has 0 aliphatic heterocycles. The minimum Gasteiger partial charge on any atom is -0.325 e. The van der Waals surface area contributed by atoms with Gasteiger partial charge in [-0.3, -0.25) is 4.79 Å². The molecule has 0 saturated carbocycles. The van der Waals surface area contributed by atoms with Gasteiger partial charge in [0, 0.05) is 5.69 Å². The second-order valence-electron chi connectivity index (χ2n) is 4.37. The van der Waals surface area contributed by atoms with E-state index in [4.69, 9.17) is 5.26 Å².